The van der Waals surface area contributed by atoms with Gasteiger partial charge in [0.05, 0.1) is 16.6 Å². The molecule has 0 spiro atoms. The number of aromatic carboxylic acids is 1. The Labute approximate surface area is 121 Å². The minimum atomic E-state index is -0.947. The summed E-state index contributed by atoms with van der Waals surface area (Å²) in [4.78, 5) is 18.5. The number of aromatic nitrogens is 2. The first kappa shape index (κ1) is 13.2. The van der Waals surface area contributed by atoms with Gasteiger partial charge < -0.3 is 15.4 Å². The van der Waals surface area contributed by atoms with Crippen LogP contribution >= 0.6 is 0 Å². The van der Waals surface area contributed by atoms with E-state index in [0.717, 1.165) is 17.6 Å². The van der Waals surface area contributed by atoms with Crippen LogP contribution in [-0.4, -0.2) is 21.0 Å². The zero-order valence-electron chi connectivity index (χ0n) is 11.6. The van der Waals surface area contributed by atoms with Gasteiger partial charge in [-0.25, -0.2) is 9.78 Å². The topological polar surface area (TPSA) is 78.0 Å². The highest BCUT2D eigenvalue weighted by Crippen LogP contribution is 2.22. The fourth-order valence-corrected chi connectivity index (χ4v) is 2.28. The molecule has 2 aromatic carbocycles. The minimum Gasteiger partial charge on any atom is -0.478 e. The summed E-state index contributed by atoms with van der Waals surface area (Å²) >= 11 is 0. The number of fused-ring (bicyclic) bond motifs is 1. The molecule has 0 aliphatic rings. The second-order valence-corrected chi connectivity index (χ2v) is 4.76. The van der Waals surface area contributed by atoms with Gasteiger partial charge in [0.1, 0.15) is 0 Å². The molecule has 1 aromatic heterocycles. The molecule has 5 nitrogen and oxygen atoms in total. The Balaban J connectivity index is 1.96. The maximum Gasteiger partial charge on any atom is 0.335 e. The molecule has 3 N–H and O–H groups in total. The van der Waals surface area contributed by atoms with Crippen LogP contribution in [-0.2, 0) is 6.42 Å². The largest absolute Gasteiger partial charge is 0.478 e. The lowest BCUT2D eigenvalue weighted by molar-refractivity contribution is 0.0697. The van der Waals surface area contributed by atoms with Crippen molar-refractivity contribution in [2.45, 2.75) is 13.3 Å². The standard InChI is InChI=1S/C16H15N3O2/c1-2-10-5-3-4-6-12(10)17-16-18-13-8-7-11(15(20)21)9-14(13)19-16/h3-9H,2H2,1H3,(H,20,21)(H2,17,18,19). The second-order valence-electron chi connectivity index (χ2n) is 4.76. The molecule has 0 amide bonds. The monoisotopic (exact) mass is 281 g/mol. The number of aromatic amines is 1. The van der Waals surface area contributed by atoms with Crippen molar-refractivity contribution in [2.24, 2.45) is 0 Å². The summed E-state index contributed by atoms with van der Waals surface area (Å²) in [6.07, 6.45) is 0.923. The summed E-state index contributed by atoms with van der Waals surface area (Å²) in [6.45, 7) is 2.10. The van der Waals surface area contributed by atoms with Crippen LogP contribution in [0.4, 0.5) is 11.6 Å². The van der Waals surface area contributed by atoms with Crippen molar-refractivity contribution in [1.82, 2.24) is 9.97 Å². The molecular formula is C16H15N3O2. The molecular weight excluding hydrogens is 266 g/mol. The molecule has 3 aromatic rings. The van der Waals surface area contributed by atoms with E-state index in [4.69, 9.17) is 5.11 Å². The van der Waals surface area contributed by atoms with E-state index in [-0.39, 0.29) is 5.56 Å². The Morgan fingerprint density at radius 1 is 1.29 bits per heavy atom. The van der Waals surface area contributed by atoms with Crippen LogP contribution in [0, 0.1) is 0 Å². The van der Waals surface area contributed by atoms with Crippen LogP contribution in [0.25, 0.3) is 11.0 Å². The quantitative estimate of drug-likeness (QED) is 0.683. The van der Waals surface area contributed by atoms with E-state index >= 15 is 0 Å². The van der Waals surface area contributed by atoms with Crippen LogP contribution in [0.2, 0.25) is 0 Å². The van der Waals surface area contributed by atoms with E-state index in [9.17, 15) is 4.79 Å². The van der Waals surface area contributed by atoms with Gasteiger partial charge in [-0.2, -0.15) is 0 Å². The van der Waals surface area contributed by atoms with Crippen molar-refractivity contribution in [3.63, 3.8) is 0 Å². The predicted molar refractivity (Wildman–Crippen MR) is 82.2 cm³/mol. The lowest BCUT2D eigenvalue weighted by Gasteiger charge is -2.07. The number of nitrogens with zero attached hydrogens (tertiary/aromatic N) is 1. The van der Waals surface area contributed by atoms with Crippen molar-refractivity contribution in [1.29, 1.82) is 0 Å². The smallest absolute Gasteiger partial charge is 0.335 e. The lowest BCUT2D eigenvalue weighted by Crippen LogP contribution is -1.96. The van der Waals surface area contributed by atoms with E-state index in [1.807, 2.05) is 18.2 Å². The molecule has 0 unspecified atom stereocenters. The Hall–Kier alpha value is -2.82. The fraction of sp³-hybridized carbons (Fsp3) is 0.125. The van der Waals surface area contributed by atoms with Gasteiger partial charge in [-0.1, -0.05) is 25.1 Å². The molecule has 0 saturated carbocycles. The summed E-state index contributed by atoms with van der Waals surface area (Å²) in [7, 11) is 0. The maximum atomic E-state index is 11.0. The number of para-hydroxylation sites is 1. The van der Waals surface area contributed by atoms with Gasteiger partial charge in [0.25, 0.3) is 0 Å². The highest BCUT2D eigenvalue weighted by atomic mass is 16.4. The predicted octanol–water partition coefficient (Wildman–Crippen LogP) is 3.57. The SMILES string of the molecule is CCc1ccccc1Nc1nc2ccc(C(=O)O)cc2[nH]1. The average Bonchev–Trinajstić information content (AvgIpc) is 2.89. The Morgan fingerprint density at radius 2 is 2.10 bits per heavy atom. The number of carboxylic acid groups (broad SMARTS) is 1. The van der Waals surface area contributed by atoms with E-state index < -0.39 is 5.97 Å². The van der Waals surface area contributed by atoms with Crippen molar-refractivity contribution < 1.29 is 9.90 Å². The molecule has 0 aliphatic carbocycles. The second kappa shape index (κ2) is 5.28. The fourth-order valence-electron chi connectivity index (χ4n) is 2.28. The summed E-state index contributed by atoms with van der Waals surface area (Å²) < 4.78 is 0. The van der Waals surface area contributed by atoms with Gasteiger partial charge in [-0.3, -0.25) is 0 Å². The molecule has 1 heterocycles. The number of hydrogen-bond donors (Lipinski definition) is 3. The first-order chi connectivity index (χ1) is 10.2. The molecule has 106 valence electrons. The molecule has 3 rings (SSSR count). The third kappa shape index (κ3) is 2.58. The van der Waals surface area contributed by atoms with Crippen LogP contribution in [0.15, 0.2) is 42.5 Å². The van der Waals surface area contributed by atoms with E-state index in [1.165, 1.54) is 5.56 Å². The number of aryl methyl sites for hydroxylation is 1. The maximum absolute atomic E-state index is 11.0. The molecule has 0 atom stereocenters. The van der Waals surface area contributed by atoms with Gasteiger partial charge >= 0.3 is 5.97 Å². The first-order valence-corrected chi connectivity index (χ1v) is 6.75. The van der Waals surface area contributed by atoms with E-state index in [2.05, 4.69) is 28.3 Å². The Bertz CT molecular complexity index is 808. The molecule has 21 heavy (non-hydrogen) atoms. The molecule has 0 saturated heterocycles. The highest BCUT2D eigenvalue weighted by Gasteiger charge is 2.08. The van der Waals surface area contributed by atoms with E-state index in [0.29, 0.717) is 11.5 Å². The number of carboxylic acids is 1. The number of H-pyrrole nitrogens is 1. The van der Waals surface area contributed by atoms with Crippen LogP contribution in [0.1, 0.15) is 22.8 Å². The molecule has 0 radical (unpaired) electrons. The number of imidazole rings is 1. The van der Waals surface area contributed by atoms with Crippen molar-refractivity contribution >= 4 is 28.6 Å². The number of hydrogen-bond acceptors (Lipinski definition) is 3. The summed E-state index contributed by atoms with van der Waals surface area (Å²) in [5.74, 6) is -0.342. The molecule has 0 bridgehead atoms. The van der Waals surface area contributed by atoms with Gasteiger partial charge in [0, 0.05) is 5.69 Å². The van der Waals surface area contributed by atoms with E-state index in [1.54, 1.807) is 18.2 Å². The van der Waals surface area contributed by atoms with Crippen LogP contribution in [0.5, 0.6) is 0 Å². The number of nitrogens with one attached hydrogen (secondary N) is 2. The Morgan fingerprint density at radius 3 is 2.86 bits per heavy atom. The Kier molecular flexibility index (Phi) is 3.31. The van der Waals surface area contributed by atoms with Crippen LogP contribution in [0.3, 0.4) is 0 Å². The molecule has 5 heteroatoms. The molecule has 0 fully saturated rings. The summed E-state index contributed by atoms with van der Waals surface area (Å²) in [5.41, 5.74) is 3.87. The number of carbonyl (C=O) groups is 1. The van der Waals surface area contributed by atoms with Gasteiger partial charge in [-0.05, 0) is 36.2 Å². The summed E-state index contributed by atoms with van der Waals surface area (Å²) in [5, 5.41) is 12.3. The highest BCUT2D eigenvalue weighted by molar-refractivity contribution is 5.92. The minimum absolute atomic E-state index is 0.242. The zero-order valence-corrected chi connectivity index (χ0v) is 11.6. The van der Waals surface area contributed by atoms with Crippen LogP contribution < -0.4 is 5.32 Å². The summed E-state index contributed by atoms with van der Waals surface area (Å²) in [6, 6.07) is 12.9. The van der Waals surface area contributed by atoms with Crippen molar-refractivity contribution in [3.8, 4) is 0 Å². The number of benzene rings is 2. The third-order valence-electron chi connectivity index (χ3n) is 3.38. The number of anilines is 2. The van der Waals surface area contributed by atoms with Crippen molar-refractivity contribution in [2.75, 3.05) is 5.32 Å². The van der Waals surface area contributed by atoms with Gasteiger partial charge in [0.15, 0.2) is 0 Å². The average molecular weight is 281 g/mol. The van der Waals surface area contributed by atoms with Gasteiger partial charge in [0.2, 0.25) is 5.95 Å². The van der Waals surface area contributed by atoms with Crippen molar-refractivity contribution in [3.05, 3.63) is 53.6 Å². The molecule has 0 aliphatic heterocycles. The zero-order chi connectivity index (χ0) is 14.8. The lowest BCUT2D eigenvalue weighted by atomic mass is 10.1. The first-order valence-electron chi connectivity index (χ1n) is 6.75. The third-order valence-corrected chi connectivity index (χ3v) is 3.38. The van der Waals surface area contributed by atoms with Gasteiger partial charge in [-0.15, -0.1) is 0 Å². The normalized spacial score (nSPS) is 10.7. The number of rotatable bonds is 4.